The average Bonchev–Trinajstić information content (AvgIpc) is 2.76. The lowest BCUT2D eigenvalue weighted by molar-refractivity contribution is 0.304. The predicted octanol–water partition coefficient (Wildman–Crippen LogP) is 5.61. The lowest BCUT2D eigenvalue weighted by Crippen LogP contribution is -2.00. The van der Waals surface area contributed by atoms with Gasteiger partial charge in [-0.3, -0.25) is 4.98 Å². The molecule has 5 nitrogen and oxygen atoms in total. The second-order valence-corrected chi connectivity index (χ2v) is 6.95. The van der Waals surface area contributed by atoms with Crippen LogP contribution in [0.25, 0.3) is 22.4 Å². The van der Waals surface area contributed by atoms with Crippen molar-refractivity contribution in [2.24, 2.45) is 0 Å². The smallest absolute Gasteiger partial charge is 0.142 e. The molecule has 0 aliphatic carbocycles. The average molecular weight is 386 g/mol. The number of rotatable bonds is 9. The maximum atomic E-state index is 9.58. The molecular weight excluding hydrogens is 360 g/mol. The molecule has 3 rings (SSSR count). The van der Waals surface area contributed by atoms with Crippen molar-refractivity contribution in [1.29, 1.82) is 5.26 Å². The fourth-order valence-electron chi connectivity index (χ4n) is 3.21. The van der Waals surface area contributed by atoms with E-state index < -0.39 is 0 Å². The van der Waals surface area contributed by atoms with Crippen LogP contribution in [0.15, 0.2) is 54.9 Å². The van der Waals surface area contributed by atoms with E-state index in [0.29, 0.717) is 11.3 Å². The van der Waals surface area contributed by atoms with Gasteiger partial charge < -0.3 is 10.5 Å². The van der Waals surface area contributed by atoms with Crippen LogP contribution in [0.3, 0.4) is 0 Å². The Labute approximate surface area is 172 Å². The number of nitriles is 1. The Morgan fingerprint density at radius 3 is 2.38 bits per heavy atom. The molecule has 0 saturated carbocycles. The number of nitrogen functional groups attached to an aromatic ring is 1. The highest BCUT2D eigenvalue weighted by molar-refractivity contribution is 5.80. The van der Waals surface area contributed by atoms with Crippen LogP contribution < -0.4 is 10.5 Å². The molecule has 0 aliphatic rings. The van der Waals surface area contributed by atoms with E-state index in [4.69, 9.17) is 10.5 Å². The van der Waals surface area contributed by atoms with Crippen molar-refractivity contribution < 1.29 is 4.74 Å². The number of nitrogens with zero attached hydrogens (tertiary/aromatic N) is 3. The van der Waals surface area contributed by atoms with Gasteiger partial charge in [0.15, 0.2) is 0 Å². The molecule has 0 amide bonds. The van der Waals surface area contributed by atoms with Crippen molar-refractivity contribution in [2.45, 2.75) is 39.0 Å². The molecule has 0 atom stereocenters. The summed E-state index contributed by atoms with van der Waals surface area (Å²) in [6, 6.07) is 15.6. The van der Waals surface area contributed by atoms with Crippen molar-refractivity contribution in [3.63, 3.8) is 0 Å². The number of pyridine rings is 2. The number of aromatic nitrogens is 2. The van der Waals surface area contributed by atoms with Gasteiger partial charge in [0.2, 0.25) is 0 Å². The summed E-state index contributed by atoms with van der Waals surface area (Å²) in [6.07, 6.45) is 9.47. The molecule has 2 N–H and O–H groups in total. The highest BCUT2D eigenvalue weighted by atomic mass is 16.5. The summed E-state index contributed by atoms with van der Waals surface area (Å²) in [5.41, 5.74) is 9.74. The van der Waals surface area contributed by atoms with Crippen LogP contribution in [-0.2, 0) is 0 Å². The van der Waals surface area contributed by atoms with Gasteiger partial charge in [0, 0.05) is 23.5 Å². The van der Waals surface area contributed by atoms with E-state index in [1.807, 2.05) is 42.5 Å². The number of ether oxygens (including phenoxy) is 1. The second-order valence-electron chi connectivity index (χ2n) is 6.95. The van der Waals surface area contributed by atoms with Gasteiger partial charge in [-0.1, -0.05) is 44.7 Å². The third kappa shape index (κ3) is 5.32. The fraction of sp³-hybridized carbons (Fsp3) is 0.292. The number of anilines is 1. The summed E-state index contributed by atoms with van der Waals surface area (Å²) < 4.78 is 5.84. The number of unbranched alkanes of at least 4 members (excludes halogenated alkanes) is 4. The maximum Gasteiger partial charge on any atom is 0.142 e. The Hall–Kier alpha value is -3.39. The molecule has 29 heavy (non-hydrogen) atoms. The third-order valence-corrected chi connectivity index (χ3v) is 4.82. The quantitative estimate of drug-likeness (QED) is 0.483. The van der Waals surface area contributed by atoms with Gasteiger partial charge in [0.25, 0.3) is 0 Å². The molecule has 0 bridgehead atoms. The van der Waals surface area contributed by atoms with Crippen LogP contribution in [-0.4, -0.2) is 16.6 Å². The lowest BCUT2D eigenvalue weighted by Gasteiger charge is -2.11. The first-order valence-electron chi connectivity index (χ1n) is 10.1. The Morgan fingerprint density at radius 2 is 1.69 bits per heavy atom. The third-order valence-electron chi connectivity index (χ3n) is 4.82. The van der Waals surface area contributed by atoms with Gasteiger partial charge in [0.05, 0.1) is 12.3 Å². The van der Waals surface area contributed by atoms with Crippen molar-refractivity contribution in [1.82, 2.24) is 9.97 Å². The minimum Gasteiger partial charge on any atom is -0.494 e. The zero-order valence-corrected chi connectivity index (χ0v) is 16.8. The van der Waals surface area contributed by atoms with Crippen LogP contribution in [0.2, 0.25) is 0 Å². The molecule has 0 radical (unpaired) electrons. The molecule has 2 aromatic heterocycles. The monoisotopic (exact) mass is 386 g/mol. The van der Waals surface area contributed by atoms with E-state index in [1.165, 1.54) is 25.7 Å². The summed E-state index contributed by atoms with van der Waals surface area (Å²) >= 11 is 0. The summed E-state index contributed by atoms with van der Waals surface area (Å²) in [7, 11) is 0. The Morgan fingerprint density at radius 1 is 0.966 bits per heavy atom. The van der Waals surface area contributed by atoms with Crippen LogP contribution >= 0.6 is 0 Å². The second kappa shape index (κ2) is 10.2. The summed E-state index contributed by atoms with van der Waals surface area (Å²) in [6.45, 7) is 2.94. The zero-order valence-electron chi connectivity index (χ0n) is 16.8. The molecular formula is C24H26N4O. The minimum absolute atomic E-state index is 0.226. The minimum atomic E-state index is 0.226. The van der Waals surface area contributed by atoms with Crippen molar-refractivity contribution >= 4 is 5.82 Å². The normalized spacial score (nSPS) is 10.5. The first kappa shape index (κ1) is 20.3. The summed E-state index contributed by atoms with van der Waals surface area (Å²) in [5.74, 6) is 1.06. The lowest BCUT2D eigenvalue weighted by atomic mass is 9.98. The Kier molecular flexibility index (Phi) is 7.18. The molecule has 0 spiro atoms. The van der Waals surface area contributed by atoms with Gasteiger partial charge in [-0.15, -0.1) is 0 Å². The molecule has 0 aliphatic heterocycles. The topological polar surface area (TPSA) is 84.8 Å². The van der Waals surface area contributed by atoms with Crippen LogP contribution in [0, 0.1) is 11.3 Å². The van der Waals surface area contributed by atoms with Gasteiger partial charge in [-0.05, 0) is 42.3 Å². The molecule has 0 unspecified atom stereocenters. The Bertz CT molecular complexity index is 963. The van der Waals surface area contributed by atoms with E-state index in [1.54, 1.807) is 12.4 Å². The largest absolute Gasteiger partial charge is 0.494 e. The maximum absolute atomic E-state index is 9.58. The fourth-order valence-corrected chi connectivity index (χ4v) is 3.21. The number of hydrogen-bond acceptors (Lipinski definition) is 5. The molecule has 2 heterocycles. The van der Waals surface area contributed by atoms with Crippen LogP contribution in [0.4, 0.5) is 5.82 Å². The Balaban J connectivity index is 1.77. The van der Waals surface area contributed by atoms with Gasteiger partial charge in [-0.25, -0.2) is 4.98 Å². The van der Waals surface area contributed by atoms with E-state index >= 15 is 0 Å². The zero-order chi connectivity index (χ0) is 20.5. The standard InChI is InChI=1S/C24H26N4O/c1-2-3-4-5-6-15-29-20-9-7-18(8-10-20)21-16-23(19-11-13-27-14-12-19)28-24(26)22(21)17-25/h7-14,16H,2-6,15H2,1H3,(H2,26,28). The van der Waals surface area contributed by atoms with Crippen molar-refractivity contribution in [3.8, 4) is 34.2 Å². The summed E-state index contributed by atoms with van der Waals surface area (Å²) in [4.78, 5) is 8.43. The summed E-state index contributed by atoms with van der Waals surface area (Å²) in [5, 5.41) is 9.58. The number of nitrogens with two attached hydrogens (primary N) is 1. The SMILES string of the molecule is CCCCCCCOc1ccc(-c2cc(-c3ccncc3)nc(N)c2C#N)cc1. The van der Waals surface area contributed by atoms with E-state index in [9.17, 15) is 5.26 Å². The molecule has 148 valence electrons. The molecule has 3 aromatic rings. The molecule has 1 aromatic carbocycles. The molecule has 0 saturated heterocycles. The van der Waals surface area contributed by atoms with Gasteiger partial charge >= 0.3 is 0 Å². The van der Waals surface area contributed by atoms with Crippen molar-refractivity contribution in [3.05, 3.63) is 60.4 Å². The highest BCUT2D eigenvalue weighted by Crippen LogP contribution is 2.32. The van der Waals surface area contributed by atoms with Crippen molar-refractivity contribution in [2.75, 3.05) is 12.3 Å². The van der Waals surface area contributed by atoms with E-state index in [0.717, 1.165) is 35.5 Å². The van der Waals surface area contributed by atoms with Gasteiger partial charge in [-0.2, -0.15) is 5.26 Å². The first-order valence-corrected chi connectivity index (χ1v) is 10.1. The van der Waals surface area contributed by atoms with Gasteiger partial charge in [0.1, 0.15) is 23.2 Å². The van der Waals surface area contributed by atoms with Crippen LogP contribution in [0.1, 0.15) is 44.6 Å². The van der Waals surface area contributed by atoms with E-state index in [2.05, 4.69) is 23.0 Å². The number of benzene rings is 1. The molecule has 0 fully saturated rings. The van der Waals surface area contributed by atoms with Crippen LogP contribution in [0.5, 0.6) is 5.75 Å². The molecule has 5 heteroatoms. The predicted molar refractivity (Wildman–Crippen MR) is 116 cm³/mol. The van der Waals surface area contributed by atoms with E-state index in [-0.39, 0.29) is 5.82 Å². The number of hydrogen-bond donors (Lipinski definition) is 1. The first-order chi connectivity index (χ1) is 14.2. The highest BCUT2D eigenvalue weighted by Gasteiger charge is 2.13.